The highest BCUT2D eigenvalue weighted by Crippen LogP contribution is 2.31. The first-order valence-electron chi connectivity index (χ1n) is 11.0. The molecule has 6 heteroatoms. The number of hydrogen-bond acceptors (Lipinski definition) is 4. The summed E-state index contributed by atoms with van der Waals surface area (Å²) < 4.78 is 7.04. The van der Waals surface area contributed by atoms with Crippen LogP contribution in [0.15, 0.2) is 89.5 Å². The molecule has 0 saturated carbocycles. The summed E-state index contributed by atoms with van der Waals surface area (Å²) in [5.41, 5.74) is 3.78. The summed E-state index contributed by atoms with van der Waals surface area (Å²) in [5.74, 6) is 0.270. The number of imide groups is 1. The number of fused-ring (bicyclic) bond motifs is 2. The van der Waals surface area contributed by atoms with E-state index in [0.717, 1.165) is 32.3 Å². The largest absolute Gasteiger partial charge is 0.488 e. The molecule has 34 heavy (non-hydrogen) atoms. The average Bonchev–Trinajstić information content (AvgIpc) is 3.11. The second-order valence-electron chi connectivity index (χ2n) is 7.97. The molecule has 0 aliphatic carbocycles. The van der Waals surface area contributed by atoms with Crippen LogP contribution in [0.4, 0.5) is 0 Å². The third-order valence-corrected chi connectivity index (χ3v) is 6.19. The third-order valence-electron chi connectivity index (χ3n) is 5.75. The molecule has 1 aliphatic heterocycles. The zero-order chi connectivity index (χ0) is 23.5. The van der Waals surface area contributed by atoms with Crippen molar-refractivity contribution in [1.29, 1.82) is 0 Å². The molecule has 0 unspecified atom stereocenters. The number of carbonyl (C=O) groups is 2. The van der Waals surface area contributed by atoms with E-state index in [1.807, 2.05) is 60.7 Å². The molecule has 0 atom stereocenters. The number of amides is 2. The van der Waals surface area contributed by atoms with Gasteiger partial charge in [-0.3, -0.25) is 19.5 Å². The maximum Gasteiger partial charge on any atom is 0.261 e. The maximum absolute atomic E-state index is 12.6. The Morgan fingerprint density at radius 1 is 0.912 bits per heavy atom. The Hall–Kier alpha value is -3.77. The van der Waals surface area contributed by atoms with Crippen molar-refractivity contribution >= 4 is 44.7 Å². The smallest absolute Gasteiger partial charge is 0.261 e. The van der Waals surface area contributed by atoms with Crippen molar-refractivity contribution < 1.29 is 14.3 Å². The molecule has 2 amide bonds. The first-order chi connectivity index (χ1) is 16.6. The summed E-state index contributed by atoms with van der Waals surface area (Å²) in [6.45, 7) is 0.763. The Morgan fingerprint density at radius 3 is 2.35 bits per heavy atom. The van der Waals surface area contributed by atoms with Gasteiger partial charge in [0.25, 0.3) is 11.8 Å². The van der Waals surface area contributed by atoms with Crippen LogP contribution < -0.4 is 4.74 Å². The molecule has 5 rings (SSSR count). The van der Waals surface area contributed by atoms with Gasteiger partial charge in [-0.15, -0.1) is 0 Å². The second kappa shape index (κ2) is 9.61. The highest BCUT2D eigenvalue weighted by atomic mass is 79.9. The Kier molecular flexibility index (Phi) is 6.23. The van der Waals surface area contributed by atoms with E-state index in [4.69, 9.17) is 4.74 Å². The summed E-state index contributed by atoms with van der Waals surface area (Å²) in [6.07, 6.45) is 6.24. The number of benzene rings is 3. The van der Waals surface area contributed by atoms with Crippen molar-refractivity contribution in [3.8, 4) is 5.75 Å². The molecule has 168 valence electrons. The van der Waals surface area contributed by atoms with Crippen molar-refractivity contribution in [2.24, 2.45) is 0 Å². The van der Waals surface area contributed by atoms with Crippen LogP contribution in [0, 0.1) is 0 Å². The summed E-state index contributed by atoms with van der Waals surface area (Å²) in [7, 11) is 0. The van der Waals surface area contributed by atoms with Crippen LogP contribution in [-0.2, 0) is 6.61 Å². The summed E-state index contributed by atoms with van der Waals surface area (Å²) in [6, 6.07) is 22.8. The van der Waals surface area contributed by atoms with E-state index in [1.165, 1.54) is 4.90 Å². The number of ether oxygens (including phenoxy) is 1. The molecule has 0 fully saturated rings. The van der Waals surface area contributed by atoms with Crippen LogP contribution in [0.5, 0.6) is 5.75 Å². The minimum Gasteiger partial charge on any atom is -0.488 e. The molecule has 5 nitrogen and oxygen atoms in total. The Labute approximate surface area is 205 Å². The fourth-order valence-corrected chi connectivity index (χ4v) is 4.39. The van der Waals surface area contributed by atoms with E-state index in [9.17, 15) is 9.59 Å². The van der Waals surface area contributed by atoms with Crippen molar-refractivity contribution in [2.75, 3.05) is 6.54 Å². The van der Waals surface area contributed by atoms with E-state index in [1.54, 1.807) is 30.5 Å². The first kappa shape index (κ1) is 22.0. The molecular formula is C28H21BrN2O3. The number of hydrogen-bond donors (Lipinski definition) is 0. The highest BCUT2D eigenvalue weighted by Gasteiger charge is 2.34. The molecule has 1 aromatic heterocycles. The van der Waals surface area contributed by atoms with Crippen LogP contribution >= 0.6 is 15.9 Å². The van der Waals surface area contributed by atoms with Gasteiger partial charge in [0.05, 0.1) is 16.6 Å². The zero-order valence-corrected chi connectivity index (χ0v) is 19.9. The van der Waals surface area contributed by atoms with Crippen molar-refractivity contribution in [3.63, 3.8) is 0 Å². The van der Waals surface area contributed by atoms with Crippen molar-refractivity contribution in [3.05, 3.63) is 112 Å². The lowest BCUT2D eigenvalue weighted by atomic mass is 10.1. The Balaban J connectivity index is 1.37. The van der Waals surface area contributed by atoms with Gasteiger partial charge in [0.2, 0.25) is 0 Å². The van der Waals surface area contributed by atoms with E-state index in [2.05, 4.69) is 20.9 Å². The topological polar surface area (TPSA) is 59.5 Å². The standard InChI is InChI=1S/C28H21BrN2O3/c29-20-16-24-21(10-6-7-15-31-27(32)22-11-4-5-12-23(22)28(31)33)26(14-13-25(24)30-17-20)34-18-19-8-2-1-3-9-19/h1-6,8-14,16-17H,7,15,18H2/b10-6+. The van der Waals surface area contributed by atoms with Gasteiger partial charge in [0.15, 0.2) is 0 Å². The highest BCUT2D eigenvalue weighted by molar-refractivity contribution is 9.10. The van der Waals surface area contributed by atoms with Crippen molar-refractivity contribution in [2.45, 2.75) is 13.0 Å². The fraction of sp³-hybridized carbons (Fsp3) is 0.107. The van der Waals surface area contributed by atoms with Crippen molar-refractivity contribution in [1.82, 2.24) is 9.88 Å². The zero-order valence-electron chi connectivity index (χ0n) is 18.3. The summed E-state index contributed by atoms with van der Waals surface area (Å²) >= 11 is 3.51. The molecule has 0 spiro atoms. The fourth-order valence-electron chi connectivity index (χ4n) is 4.06. The number of rotatable bonds is 7. The third kappa shape index (κ3) is 4.37. The van der Waals surface area contributed by atoms with Gasteiger partial charge in [-0.1, -0.05) is 54.6 Å². The van der Waals surface area contributed by atoms with Crippen LogP contribution in [-0.4, -0.2) is 28.2 Å². The lowest BCUT2D eigenvalue weighted by Crippen LogP contribution is -2.30. The summed E-state index contributed by atoms with van der Waals surface area (Å²) in [4.78, 5) is 31.0. The maximum atomic E-state index is 12.6. The van der Waals surface area contributed by atoms with E-state index < -0.39 is 0 Å². The molecule has 1 aliphatic rings. The normalized spacial score (nSPS) is 13.1. The number of nitrogens with zero attached hydrogens (tertiary/aromatic N) is 2. The van der Waals surface area contributed by atoms with Gasteiger partial charge < -0.3 is 4.74 Å². The minimum atomic E-state index is -0.237. The lowest BCUT2D eigenvalue weighted by Gasteiger charge is -2.13. The molecule has 0 radical (unpaired) electrons. The van der Waals surface area contributed by atoms with Gasteiger partial charge in [-0.05, 0) is 58.2 Å². The number of pyridine rings is 1. The van der Waals surface area contributed by atoms with Crippen LogP contribution in [0.3, 0.4) is 0 Å². The average molecular weight is 513 g/mol. The molecule has 4 aromatic rings. The predicted molar refractivity (Wildman–Crippen MR) is 136 cm³/mol. The SMILES string of the molecule is O=C1c2ccccc2C(=O)N1CC/C=C/c1c(OCc2ccccc2)ccc2ncc(Br)cc12. The minimum absolute atomic E-state index is 0.237. The summed E-state index contributed by atoms with van der Waals surface area (Å²) in [5, 5.41) is 0.955. The molecule has 0 bridgehead atoms. The van der Waals surface area contributed by atoms with Gasteiger partial charge in [0.1, 0.15) is 12.4 Å². The van der Waals surface area contributed by atoms with Gasteiger partial charge in [-0.25, -0.2) is 0 Å². The first-order valence-corrected chi connectivity index (χ1v) is 11.8. The molecule has 0 N–H and O–H groups in total. The van der Waals surface area contributed by atoms with Crippen LogP contribution in [0.2, 0.25) is 0 Å². The Bertz CT molecular complexity index is 1380. The van der Waals surface area contributed by atoms with Gasteiger partial charge in [-0.2, -0.15) is 0 Å². The van der Waals surface area contributed by atoms with E-state index in [0.29, 0.717) is 30.7 Å². The molecule has 2 heterocycles. The molecule has 3 aromatic carbocycles. The Morgan fingerprint density at radius 2 is 1.62 bits per heavy atom. The number of carbonyl (C=O) groups excluding carboxylic acids is 2. The molecule has 0 saturated heterocycles. The van der Waals surface area contributed by atoms with Gasteiger partial charge >= 0.3 is 0 Å². The van der Waals surface area contributed by atoms with Crippen LogP contribution in [0.1, 0.15) is 38.3 Å². The number of aromatic nitrogens is 1. The van der Waals surface area contributed by atoms with E-state index >= 15 is 0 Å². The molecular weight excluding hydrogens is 492 g/mol. The van der Waals surface area contributed by atoms with Gasteiger partial charge in [0, 0.05) is 28.2 Å². The second-order valence-corrected chi connectivity index (χ2v) is 8.89. The predicted octanol–water partition coefficient (Wildman–Crippen LogP) is 6.28. The monoisotopic (exact) mass is 512 g/mol. The number of halogens is 1. The van der Waals surface area contributed by atoms with E-state index in [-0.39, 0.29) is 11.8 Å². The lowest BCUT2D eigenvalue weighted by molar-refractivity contribution is 0.0657. The van der Waals surface area contributed by atoms with Crippen LogP contribution in [0.25, 0.3) is 17.0 Å². The quantitative estimate of drug-likeness (QED) is 0.273.